The Hall–Kier alpha value is -3.60. The van der Waals surface area contributed by atoms with Crippen LogP contribution in [0.25, 0.3) is 22.2 Å². The van der Waals surface area contributed by atoms with Crippen molar-refractivity contribution < 1.29 is 18.9 Å². The van der Waals surface area contributed by atoms with Gasteiger partial charge in [-0.15, -0.1) is 0 Å². The van der Waals surface area contributed by atoms with Crippen LogP contribution >= 0.6 is 0 Å². The molecule has 0 atom stereocenters. The maximum atomic E-state index is 5.54. The lowest BCUT2D eigenvalue weighted by Gasteiger charge is -2.14. The van der Waals surface area contributed by atoms with E-state index in [0.29, 0.717) is 23.7 Å². The van der Waals surface area contributed by atoms with Crippen LogP contribution in [0.3, 0.4) is 0 Å². The highest BCUT2D eigenvalue weighted by Gasteiger charge is 2.17. The topological polar surface area (TPSA) is 52.7 Å². The smallest absolute Gasteiger partial charge is 0.203 e. The van der Waals surface area contributed by atoms with Crippen LogP contribution in [-0.4, -0.2) is 33.4 Å². The van der Waals surface area contributed by atoms with Crippen molar-refractivity contribution in [2.45, 2.75) is 6.42 Å². The Kier molecular flexibility index (Phi) is 5.53. The number of methoxy groups -OCH3 is 4. The van der Waals surface area contributed by atoms with Gasteiger partial charge in [-0.25, -0.2) is 0 Å². The fourth-order valence-corrected chi connectivity index (χ4v) is 3.83. The number of nitrogens with one attached hydrogen (secondary N) is 1. The van der Waals surface area contributed by atoms with Gasteiger partial charge in [0.25, 0.3) is 0 Å². The number of H-pyrrole nitrogens is 1. The summed E-state index contributed by atoms with van der Waals surface area (Å²) in [4.78, 5) is 3.59. The van der Waals surface area contributed by atoms with E-state index in [4.69, 9.17) is 18.9 Å². The zero-order valence-electron chi connectivity index (χ0n) is 17.6. The van der Waals surface area contributed by atoms with Crippen molar-refractivity contribution in [2.75, 3.05) is 28.4 Å². The number of hydrogen-bond donors (Lipinski definition) is 1. The highest BCUT2D eigenvalue weighted by atomic mass is 16.5. The lowest BCUT2D eigenvalue weighted by atomic mass is 9.98. The highest BCUT2D eigenvalue weighted by Crippen LogP contribution is 2.40. The molecule has 3 aromatic carbocycles. The Morgan fingerprint density at radius 3 is 2.00 bits per heavy atom. The summed E-state index contributed by atoms with van der Waals surface area (Å²) in [6.07, 6.45) is 0.710. The first kappa shape index (κ1) is 19.7. The zero-order valence-corrected chi connectivity index (χ0v) is 17.6. The Morgan fingerprint density at radius 2 is 1.40 bits per heavy atom. The van der Waals surface area contributed by atoms with Crippen LogP contribution in [0.5, 0.6) is 23.0 Å². The van der Waals surface area contributed by atoms with E-state index in [1.807, 2.05) is 30.3 Å². The van der Waals surface area contributed by atoms with Gasteiger partial charge in [-0.2, -0.15) is 0 Å². The second-order valence-electron chi connectivity index (χ2n) is 6.96. The van der Waals surface area contributed by atoms with Crippen LogP contribution in [0.4, 0.5) is 0 Å². The highest BCUT2D eigenvalue weighted by molar-refractivity contribution is 5.91. The molecule has 0 spiro atoms. The van der Waals surface area contributed by atoms with E-state index in [2.05, 4.69) is 35.3 Å². The largest absolute Gasteiger partial charge is 0.497 e. The van der Waals surface area contributed by atoms with Crippen molar-refractivity contribution in [3.8, 4) is 34.3 Å². The molecule has 4 rings (SSSR count). The van der Waals surface area contributed by atoms with E-state index in [9.17, 15) is 0 Å². The van der Waals surface area contributed by atoms with Crippen molar-refractivity contribution >= 4 is 10.9 Å². The molecule has 5 heteroatoms. The summed E-state index contributed by atoms with van der Waals surface area (Å²) >= 11 is 0. The lowest BCUT2D eigenvalue weighted by Crippen LogP contribution is -1.98. The SMILES string of the molecule is COc1ccc(-c2[nH]c3ccccc3c2Cc2cc(OC)c(OC)c(OC)c2)cc1. The van der Waals surface area contributed by atoms with Crippen LogP contribution in [0.1, 0.15) is 11.1 Å². The molecule has 0 saturated carbocycles. The minimum absolute atomic E-state index is 0.595. The zero-order chi connectivity index (χ0) is 21.1. The quantitative estimate of drug-likeness (QED) is 0.445. The number of aromatic amines is 1. The predicted octanol–water partition coefficient (Wildman–Crippen LogP) is 5.46. The molecule has 0 aliphatic heterocycles. The average molecular weight is 403 g/mol. The van der Waals surface area contributed by atoms with E-state index in [1.165, 1.54) is 10.9 Å². The minimum atomic E-state index is 0.595. The Morgan fingerprint density at radius 1 is 0.733 bits per heavy atom. The first-order valence-corrected chi connectivity index (χ1v) is 9.71. The van der Waals surface area contributed by atoms with Gasteiger partial charge in [0, 0.05) is 17.3 Å². The number of para-hydroxylation sites is 1. The van der Waals surface area contributed by atoms with Gasteiger partial charge in [0.1, 0.15) is 5.75 Å². The van der Waals surface area contributed by atoms with Crippen LogP contribution in [0.2, 0.25) is 0 Å². The normalized spacial score (nSPS) is 10.8. The van der Waals surface area contributed by atoms with E-state index in [-0.39, 0.29) is 0 Å². The van der Waals surface area contributed by atoms with E-state index in [0.717, 1.165) is 28.1 Å². The molecule has 0 amide bonds. The summed E-state index contributed by atoms with van der Waals surface area (Å²) in [5.41, 5.74) is 5.59. The summed E-state index contributed by atoms with van der Waals surface area (Å²) < 4.78 is 21.9. The van der Waals surface area contributed by atoms with Gasteiger partial charge in [-0.1, -0.05) is 18.2 Å². The summed E-state index contributed by atoms with van der Waals surface area (Å²) in [5, 5.41) is 1.19. The van der Waals surface area contributed by atoms with Crippen LogP contribution in [0.15, 0.2) is 60.7 Å². The molecule has 154 valence electrons. The molecular weight excluding hydrogens is 378 g/mol. The fraction of sp³-hybridized carbons (Fsp3) is 0.200. The molecule has 0 fully saturated rings. The summed E-state index contributed by atoms with van der Waals surface area (Å²) in [6, 6.07) is 20.4. The average Bonchev–Trinajstić information content (AvgIpc) is 3.16. The molecule has 1 N–H and O–H groups in total. The van der Waals surface area contributed by atoms with Crippen molar-refractivity contribution in [3.05, 3.63) is 71.8 Å². The number of fused-ring (bicyclic) bond motifs is 1. The summed E-state index contributed by atoms with van der Waals surface area (Å²) in [6.45, 7) is 0. The molecule has 5 nitrogen and oxygen atoms in total. The van der Waals surface area contributed by atoms with E-state index in [1.54, 1.807) is 28.4 Å². The van der Waals surface area contributed by atoms with Gasteiger partial charge in [0.05, 0.1) is 34.1 Å². The molecule has 1 heterocycles. The van der Waals surface area contributed by atoms with Crippen molar-refractivity contribution in [1.82, 2.24) is 4.98 Å². The summed E-state index contributed by atoms with van der Waals surface area (Å²) in [5.74, 6) is 2.73. The van der Waals surface area contributed by atoms with E-state index < -0.39 is 0 Å². The van der Waals surface area contributed by atoms with Gasteiger partial charge in [-0.3, -0.25) is 0 Å². The predicted molar refractivity (Wildman–Crippen MR) is 119 cm³/mol. The van der Waals surface area contributed by atoms with Crippen LogP contribution < -0.4 is 18.9 Å². The number of hydrogen-bond acceptors (Lipinski definition) is 4. The standard InChI is InChI=1S/C25H25NO4/c1-27-18-11-9-17(10-12-18)24-20(19-7-5-6-8-21(19)26-24)13-16-14-22(28-2)25(30-4)23(15-16)29-3/h5-12,14-15,26H,13H2,1-4H3. The third-order valence-electron chi connectivity index (χ3n) is 5.30. The first-order chi connectivity index (χ1) is 14.7. The lowest BCUT2D eigenvalue weighted by molar-refractivity contribution is 0.324. The monoisotopic (exact) mass is 403 g/mol. The molecule has 0 saturated heterocycles. The van der Waals surface area contributed by atoms with Gasteiger partial charge in [0.2, 0.25) is 5.75 Å². The second-order valence-corrected chi connectivity index (χ2v) is 6.96. The Balaban J connectivity index is 1.84. The van der Waals surface area contributed by atoms with Crippen LogP contribution in [-0.2, 0) is 6.42 Å². The fourth-order valence-electron chi connectivity index (χ4n) is 3.83. The van der Waals surface area contributed by atoms with Crippen LogP contribution in [0, 0.1) is 0 Å². The van der Waals surface area contributed by atoms with Gasteiger partial charge >= 0.3 is 0 Å². The summed E-state index contributed by atoms with van der Waals surface area (Å²) in [7, 11) is 6.56. The minimum Gasteiger partial charge on any atom is -0.497 e. The number of aromatic nitrogens is 1. The van der Waals surface area contributed by atoms with E-state index >= 15 is 0 Å². The molecule has 0 aliphatic rings. The molecule has 1 aromatic heterocycles. The van der Waals surface area contributed by atoms with Crippen molar-refractivity contribution in [1.29, 1.82) is 0 Å². The Labute approximate surface area is 176 Å². The van der Waals surface area contributed by atoms with Crippen molar-refractivity contribution in [2.24, 2.45) is 0 Å². The first-order valence-electron chi connectivity index (χ1n) is 9.71. The molecule has 0 radical (unpaired) electrons. The van der Waals surface area contributed by atoms with Crippen molar-refractivity contribution in [3.63, 3.8) is 0 Å². The molecule has 0 aliphatic carbocycles. The van der Waals surface area contributed by atoms with Gasteiger partial charge < -0.3 is 23.9 Å². The maximum Gasteiger partial charge on any atom is 0.203 e. The molecule has 0 unspecified atom stereocenters. The third kappa shape index (κ3) is 3.54. The third-order valence-corrected chi connectivity index (χ3v) is 5.30. The molecule has 0 bridgehead atoms. The van der Waals surface area contributed by atoms with Gasteiger partial charge in [-0.05, 0) is 59.2 Å². The maximum absolute atomic E-state index is 5.54. The number of benzene rings is 3. The molecule has 4 aromatic rings. The molecule has 30 heavy (non-hydrogen) atoms. The Bertz CT molecular complexity index is 1140. The molecular formula is C25H25NO4. The number of ether oxygens (including phenoxy) is 4. The van der Waals surface area contributed by atoms with Gasteiger partial charge in [0.15, 0.2) is 11.5 Å². The number of rotatable bonds is 7. The second kappa shape index (κ2) is 8.41.